The Morgan fingerprint density at radius 3 is 2.48 bits per heavy atom. The number of nitrogens with one attached hydrogen (secondary N) is 3. The van der Waals surface area contributed by atoms with E-state index < -0.39 is 22.8 Å². The number of amides is 3. The van der Waals surface area contributed by atoms with Gasteiger partial charge in [0, 0.05) is 27.9 Å². The van der Waals surface area contributed by atoms with E-state index in [0.717, 1.165) is 19.3 Å². The molecule has 0 atom stereocenters. The van der Waals surface area contributed by atoms with Crippen molar-refractivity contribution in [2.75, 3.05) is 11.9 Å². The van der Waals surface area contributed by atoms with Gasteiger partial charge in [-0.05, 0) is 45.7 Å². The Hall–Kier alpha value is -2.90. The minimum absolute atomic E-state index is 0.0778. The smallest absolute Gasteiger partial charge is 0.322 e. The van der Waals surface area contributed by atoms with Crippen LogP contribution in [0.15, 0.2) is 29.5 Å². The Morgan fingerprint density at radius 1 is 1.24 bits per heavy atom. The highest BCUT2D eigenvalue weighted by molar-refractivity contribution is 6.09. The van der Waals surface area contributed by atoms with Crippen molar-refractivity contribution in [3.8, 4) is 0 Å². The van der Waals surface area contributed by atoms with Crippen molar-refractivity contribution in [1.82, 2.24) is 10.2 Å². The van der Waals surface area contributed by atoms with E-state index >= 15 is 0 Å². The normalized spacial score (nSPS) is 19.6. The van der Waals surface area contributed by atoms with Gasteiger partial charge in [0.1, 0.15) is 11.7 Å². The van der Waals surface area contributed by atoms with Crippen LogP contribution in [0.2, 0.25) is 0 Å². The van der Waals surface area contributed by atoms with Crippen molar-refractivity contribution < 1.29 is 14.0 Å². The van der Waals surface area contributed by atoms with Crippen molar-refractivity contribution in [3.63, 3.8) is 0 Å². The number of carbonyl (C=O) groups is 2. The number of rotatable bonds is 3. The van der Waals surface area contributed by atoms with Crippen LogP contribution < -0.4 is 16.4 Å². The molecule has 0 aromatic heterocycles. The summed E-state index contributed by atoms with van der Waals surface area (Å²) in [6.07, 6.45) is 2.60. The van der Waals surface area contributed by atoms with E-state index in [2.05, 4.69) is 10.6 Å². The molecule has 3 amide bonds. The Bertz CT molecular complexity index is 918. The monoisotopic (exact) mass is 401 g/mol. The number of nitrogens with two attached hydrogens (primary N) is 1. The third-order valence-electron chi connectivity index (χ3n) is 6.28. The molecule has 2 aliphatic rings. The molecule has 0 bridgehead atoms. The fourth-order valence-electron chi connectivity index (χ4n) is 3.69. The van der Waals surface area contributed by atoms with E-state index in [9.17, 15) is 14.0 Å². The molecule has 1 aromatic carbocycles. The number of urea groups is 1. The molecular formula is C21H28FN5O2. The second-order valence-electron chi connectivity index (χ2n) is 8.62. The van der Waals surface area contributed by atoms with Crippen LogP contribution in [0, 0.1) is 23.6 Å². The quantitative estimate of drug-likeness (QED) is 0.461. The molecule has 7 nitrogen and oxygen atoms in total. The van der Waals surface area contributed by atoms with E-state index in [-0.39, 0.29) is 18.3 Å². The van der Waals surface area contributed by atoms with Crippen molar-refractivity contribution in [2.24, 2.45) is 11.1 Å². The second kappa shape index (κ2) is 7.17. The molecule has 0 spiro atoms. The highest BCUT2D eigenvalue weighted by Gasteiger charge is 2.44. The summed E-state index contributed by atoms with van der Waals surface area (Å²) in [6.45, 7) is 7.10. The van der Waals surface area contributed by atoms with Gasteiger partial charge in [0.2, 0.25) is 5.91 Å². The largest absolute Gasteiger partial charge is 0.400 e. The van der Waals surface area contributed by atoms with Crippen LogP contribution in [0.1, 0.15) is 45.6 Å². The first-order valence-electron chi connectivity index (χ1n) is 9.70. The molecule has 0 saturated heterocycles. The Morgan fingerprint density at radius 2 is 1.90 bits per heavy atom. The van der Waals surface area contributed by atoms with Crippen molar-refractivity contribution in [3.05, 3.63) is 40.8 Å². The summed E-state index contributed by atoms with van der Waals surface area (Å²) in [7, 11) is 0. The lowest BCUT2D eigenvalue weighted by Gasteiger charge is -2.36. The lowest BCUT2D eigenvalue weighted by Crippen LogP contribution is -2.48. The number of nitrogens with zero attached hydrogens (tertiary/aromatic N) is 1. The zero-order valence-electron chi connectivity index (χ0n) is 17.3. The number of anilines is 1. The van der Waals surface area contributed by atoms with Crippen molar-refractivity contribution in [1.29, 1.82) is 5.41 Å². The molecule has 1 aliphatic heterocycles. The first-order chi connectivity index (χ1) is 13.5. The molecule has 1 aliphatic carbocycles. The van der Waals surface area contributed by atoms with E-state index in [4.69, 9.17) is 11.1 Å². The molecule has 0 radical (unpaired) electrons. The standard InChI is InChI=1S/C21H28FN5O2/c1-12-14(22)7-5-8-15(12)25-19(29)27-11-13(16(23)20(27,2)3)17(24)26-18(28)21(4)9-6-10-21/h5,7-8H,6,9-11,23H2,1-4H3,(H,25,29)(H2,24,26,28). The van der Waals surface area contributed by atoms with E-state index in [1.165, 1.54) is 17.0 Å². The first-order valence-corrected chi connectivity index (χ1v) is 9.70. The Balaban J connectivity index is 1.75. The molecule has 29 heavy (non-hydrogen) atoms. The topological polar surface area (TPSA) is 111 Å². The highest BCUT2D eigenvalue weighted by atomic mass is 19.1. The molecule has 0 unspecified atom stereocenters. The Labute approximate surface area is 170 Å². The molecule has 8 heteroatoms. The van der Waals surface area contributed by atoms with Crippen LogP contribution in [-0.2, 0) is 4.79 Å². The van der Waals surface area contributed by atoms with Gasteiger partial charge in [-0.1, -0.05) is 19.4 Å². The molecule has 1 saturated carbocycles. The number of carbonyl (C=O) groups excluding carboxylic acids is 2. The van der Waals surface area contributed by atoms with Gasteiger partial charge in [0.15, 0.2) is 0 Å². The maximum atomic E-state index is 13.8. The summed E-state index contributed by atoms with van der Waals surface area (Å²) in [5.41, 5.74) is 6.45. The van der Waals surface area contributed by atoms with Crippen LogP contribution in [-0.4, -0.2) is 34.8 Å². The van der Waals surface area contributed by atoms with E-state index in [0.29, 0.717) is 22.5 Å². The van der Waals surface area contributed by atoms with Gasteiger partial charge in [-0.15, -0.1) is 0 Å². The summed E-state index contributed by atoms with van der Waals surface area (Å²) in [4.78, 5) is 26.8. The predicted octanol–water partition coefficient (Wildman–Crippen LogP) is 3.26. The zero-order valence-corrected chi connectivity index (χ0v) is 17.3. The van der Waals surface area contributed by atoms with Crippen LogP contribution in [0.5, 0.6) is 0 Å². The summed E-state index contributed by atoms with van der Waals surface area (Å²) in [5.74, 6) is -0.674. The fraction of sp³-hybridized carbons (Fsp3) is 0.476. The number of hydrogen-bond donors (Lipinski definition) is 4. The van der Waals surface area contributed by atoms with Gasteiger partial charge in [-0.2, -0.15) is 0 Å². The molecule has 1 aromatic rings. The lowest BCUT2D eigenvalue weighted by molar-refractivity contribution is -0.132. The molecule has 3 rings (SSSR count). The Kier molecular flexibility index (Phi) is 5.15. The van der Waals surface area contributed by atoms with Gasteiger partial charge in [0.25, 0.3) is 0 Å². The SMILES string of the molecule is Cc1c(F)cccc1NC(=O)N1CC(C(=N)NC(=O)C2(C)CCC2)=C(N)C1(C)C. The second-order valence-corrected chi connectivity index (χ2v) is 8.62. The number of hydrogen-bond acceptors (Lipinski definition) is 4. The molecule has 5 N–H and O–H groups in total. The molecule has 1 heterocycles. The average Bonchev–Trinajstić information content (AvgIpc) is 2.86. The van der Waals surface area contributed by atoms with Crippen LogP contribution >= 0.6 is 0 Å². The van der Waals surface area contributed by atoms with E-state index in [1.54, 1.807) is 26.8 Å². The van der Waals surface area contributed by atoms with E-state index in [1.807, 2.05) is 6.92 Å². The molecule has 1 fully saturated rings. The third-order valence-corrected chi connectivity index (χ3v) is 6.28. The van der Waals surface area contributed by atoms with Gasteiger partial charge in [-0.25, -0.2) is 9.18 Å². The third kappa shape index (κ3) is 3.59. The lowest BCUT2D eigenvalue weighted by atomic mass is 9.70. The maximum absolute atomic E-state index is 13.8. The summed E-state index contributed by atoms with van der Waals surface area (Å²) >= 11 is 0. The number of halogens is 1. The molecule has 156 valence electrons. The van der Waals surface area contributed by atoms with Crippen LogP contribution in [0.4, 0.5) is 14.9 Å². The van der Waals surface area contributed by atoms with Gasteiger partial charge >= 0.3 is 6.03 Å². The number of amidine groups is 1. The van der Waals surface area contributed by atoms with Gasteiger partial charge in [-0.3, -0.25) is 10.2 Å². The predicted molar refractivity (Wildman–Crippen MR) is 110 cm³/mol. The summed E-state index contributed by atoms with van der Waals surface area (Å²) < 4.78 is 13.8. The average molecular weight is 401 g/mol. The number of benzene rings is 1. The van der Waals surface area contributed by atoms with Crippen molar-refractivity contribution in [2.45, 2.75) is 52.5 Å². The fourth-order valence-corrected chi connectivity index (χ4v) is 3.69. The maximum Gasteiger partial charge on any atom is 0.322 e. The highest BCUT2D eigenvalue weighted by Crippen LogP contribution is 2.40. The van der Waals surface area contributed by atoms with Gasteiger partial charge in [0.05, 0.1) is 12.1 Å². The minimum Gasteiger partial charge on any atom is -0.400 e. The van der Waals surface area contributed by atoms with Crippen LogP contribution in [0.3, 0.4) is 0 Å². The van der Waals surface area contributed by atoms with Crippen molar-refractivity contribution >= 4 is 23.5 Å². The van der Waals surface area contributed by atoms with Crippen LogP contribution in [0.25, 0.3) is 0 Å². The summed E-state index contributed by atoms with van der Waals surface area (Å²) in [5, 5.41) is 13.7. The minimum atomic E-state index is -0.863. The molecular weight excluding hydrogens is 373 g/mol. The zero-order chi connectivity index (χ0) is 21.6. The first kappa shape index (κ1) is 20.8. The van der Waals surface area contributed by atoms with Gasteiger partial charge < -0.3 is 21.3 Å². The summed E-state index contributed by atoms with van der Waals surface area (Å²) in [6, 6.07) is 4.03.